The van der Waals surface area contributed by atoms with Gasteiger partial charge in [0.25, 0.3) is 15.9 Å². The van der Waals surface area contributed by atoms with Crippen LogP contribution in [0.15, 0.2) is 46.3 Å². The van der Waals surface area contributed by atoms with Gasteiger partial charge >= 0.3 is 5.97 Å². The predicted molar refractivity (Wildman–Crippen MR) is 131 cm³/mol. The zero-order valence-electron chi connectivity index (χ0n) is 20.3. The Balaban J connectivity index is 1.84. The second kappa shape index (κ2) is 10.2. The fraction of sp³-hybridized carbons (Fsp3) is 0.292. The van der Waals surface area contributed by atoms with Crippen molar-refractivity contribution in [1.82, 2.24) is 9.72 Å². The van der Waals surface area contributed by atoms with Crippen molar-refractivity contribution in [2.75, 3.05) is 16.6 Å². The number of hydrogen-bond acceptors (Lipinski definition) is 7. The lowest BCUT2D eigenvalue weighted by Gasteiger charge is -2.09. The SMILES string of the molecule is C=CCn1c(C)c(C(=O)Nc2ccc(S(=O)(=O)Nc3onc(C)c3C)cc2)c(C)c1C(=O)OCC. The first-order valence-corrected chi connectivity index (χ1v) is 12.3. The van der Waals surface area contributed by atoms with Crippen LogP contribution in [0.1, 0.15) is 50.3 Å². The Morgan fingerprint density at radius 3 is 2.34 bits per heavy atom. The number of aromatic nitrogens is 2. The second-order valence-corrected chi connectivity index (χ2v) is 9.54. The molecule has 1 amide bonds. The summed E-state index contributed by atoms with van der Waals surface area (Å²) in [4.78, 5) is 25.6. The van der Waals surface area contributed by atoms with E-state index in [1.807, 2.05) is 0 Å². The third kappa shape index (κ3) is 5.14. The van der Waals surface area contributed by atoms with Gasteiger partial charge in [-0.3, -0.25) is 4.79 Å². The fourth-order valence-electron chi connectivity index (χ4n) is 3.65. The number of esters is 1. The minimum atomic E-state index is -3.92. The molecule has 0 atom stereocenters. The van der Waals surface area contributed by atoms with Gasteiger partial charge in [0.2, 0.25) is 5.88 Å². The lowest BCUT2D eigenvalue weighted by atomic mass is 10.1. The van der Waals surface area contributed by atoms with Gasteiger partial charge in [0, 0.05) is 23.5 Å². The van der Waals surface area contributed by atoms with Crippen LogP contribution >= 0.6 is 0 Å². The number of anilines is 2. The molecule has 2 N–H and O–H groups in total. The van der Waals surface area contributed by atoms with Crippen molar-refractivity contribution in [2.24, 2.45) is 0 Å². The van der Waals surface area contributed by atoms with Crippen LogP contribution in [0, 0.1) is 27.7 Å². The van der Waals surface area contributed by atoms with E-state index in [9.17, 15) is 18.0 Å². The zero-order chi connectivity index (χ0) is 25.9. The average Bonchev–Trinajstić information content (AvgIpc) is 3.24. The summed E-state index contributed by atoms with van der Waals surface area (Å²) < 4.78 is 39.6. The van der Waals surface area contributed by atoms with Crippen molar-refractivity contribution >= 4 is 33.5 Å². The first-order chi connectivity index (χ1) is 16.5. The molecule has 186 valence electrons. The molecule has 0 fully saturated rings. The molecule has 0 aliphatic rings. The van der Waals surface area contributed by atoms with E-state index in [0.29, 0.717) is 46.0 Å². The Kier molecular flexibility index (Phi) is 7.49. The van der Waals surface area contributed by atoms with E-state index in [-0.39, 0.29) is 17.4 Å². The number of rotatable bonds is 9. The van der Waals surface area contributed by atoms with Gasteiger partial charge in [-0.05, 0) is 64.4 Å². The largest absolute Gasteiger partial charge is 0.461 e. The summed E-state index contributed by atoms with van der Waals surface area (Å²) in [6, 6.07) is 5.68. The number of nitrogens with one attached hydrogen (secondary N) is 2. The predicted octanol–water partition coefficient (Wildman–Crippen LogP) is 4.13. The Morgan fingerprint density at radius 2 is 1.80 bits per heavy atom. The van der Waals surface area contributed by atoms with E-state index in [4.69, 9.17) is 9.26 Å². The van der Waals surface area contributed by atoms with Gasteiger partial charge in [0.1, 0.15) is 5.69 Å². The Hall–Kier alpha value is -3.86. The minimum absolute atomic E-state index is 0.0157. The van der Waals surface area contributed by atoms with Crippen LogP contribution in [-0.2, 0) is 21.3 Å². The highest BCUT2D eigenvalue weighted by Crippen LogP contribution is 2.26. The lowest BCUT2D eigenvalue weighted by Crippen LogP contribution is -2.15. The van der Waals surface area contributed by atoms with Gasteiger partial charge in [-0.15, -0.1) is 6.58 Å². The molecule has 3 rings (SSSR count). The Morgan fingerprint density at radius 1 is 1.14 bits per heavy atom. The van der Waals surface area contributed by atoms with E-state index in [0.717, 1.165) is 0 Å². The molecule has 3 aromatic rings. The molecular formula is C24H28N4O6S. The van der Waals surface area contributed by atoms with Gasteiger partial charge in [0.15, 0.2) is 0 Å². The van der Waals surface area contributed by atoms with Crippen molar-refractivity contribution in [2.45, 2.75) is 46.1 Å². The second-order valence-electron chi connectivity index (χ2n) is 7.86. The molecule has 11 heteroatoms. The Bertz CT molecular complexity index is 1380. The zero-order valence-corrected chi connectivity index (χ0v) is 21.1. The third-order valence-corrected chi connectivity index (χ3v) is 6.93. The van der Waals surface area contributed by atoms with Gasteiger partial charge in [-0.2, -0.15) is 0 Å². The minimum Gasteiger partial charge on any atom is -0.461 e. The molecule has 0 saturated heterocycles. The molecule has 2 aromatic heterocycles. The molecule has 0 saturated carbocycles. The molecule has 0 aliphatic heterocycles. The molecule has 0 unspecified atom stereocenters. The number of amides is 1. The van der Waals surface area contributed by atoms with Crippen molar-refractivity contribution < 1.29 is 27.3 Å². The lowest BCUT2D eigenvalue weighted by molar-refractivity contribution is 0.0513. The van der Waals surface area contributed by atoms with E-state index in [1.165, 1.54) is 24.3 Å². The highest BCUT2D eigenvalue weighted by atomic mass is 32.2. The molecule has 10 nitrogen and oxygen atoms in total. The van der Waals surface area contributed by atoms with Gasteiger partial charge in [-0.25, -0.2) is 17.9 Å². The summed E-state index contributed by atoms with van der Waals surface area (Å²) in [5.74, 6) is -0.907. The van der Waals surface area contributed by atoms with Crippen LogP contribution < -0.4 is 10.0 Å². The van der Waals surface area contributed by atoms with E-state index in [2.05, 4.69) is 21.8 Å². The van der Waals surface area contributed by atoms with Crippen LogP contribution in [0.5, 0.6) is 0 Å². The monoisotopic (exact) mass is 500 g/mol. The number of carbonyl (C=O) groups is 2. The maximum absolute atomic E-state index is 13.1. The first-order valence-electron chi connectivity index (χ1n) is 10.9. The molecule has 0 aliphatic carbocycles. The molecule has 0 radical (unpaired) electrons. The normalized spacial score (nSPS) is 11.2. The topological polar surface area (TPSA) is 133 Å². The van der Waals surface area contributed by atoms with Crippen LogP contribution in [0.4, 0.5) is 11.6 Å². The molecule has 2 heterocycles. The number of benzene rings is 1. The fourth-order valence-corrected chi connectivity index (χ4v) is 4.70. The first kappa shape index (κ1) is 25.8. The molecule has 35 heavy (non-hydrogen) atoms. The molecule has 0 spiro atoms. The molecule has 0 bridgehead atoms. The number of sulfonamides is 1. The summed E-state index contributed by atoms with van der Waals surface area (Å²) in [5.41, 5.74) is 3.26. The molecule has 1 aromatic carbocycles. The highest BCUT2D eigenvalue weighted by Gasteiger charge is 2.27. The van der Waals surface area contributed by atoms with Crippen LogP contribution in [0.25, 0.3) is 0 Å². The summed E-state index contributed by atoms with van der Waals surface area (Å²) in [6.07, 6.45) is 1.63. The Labute approximate surface area is 204 Å². The third-order valence-electron chi connectivity index (χ3n) is 5.58. The maximum Gasteiger partial charge on any atom is 0.355 e. The summed E-state index contributed by atoms with van der Waals surface area (Å²) in [7, 11) is -3.92. The summed E-state index contributed by atoms with van der Waals surface area (Å²) in [5, 5.41) is 6.50. The van der Waals surface area contributed by atoms with Crippen LogP contribution in [-0.4, -0.2) is 36.6 Å². The quantitative estimate of drug-likeness (QED) is 0.333. The standard InChI is InChI=1S/C24H28N4O6S/c1-7-13-28-17(6)20(15(4)21(28)24(30)33-8-2)22(29)25-18-9-11-19(12-10-18)35(31,32)27-23-14(3)16(5)26-34-23/h7,9-12,27H,1,8,13H2,2-6H3,(H,25,29). The number of nitrogens with zero attached hydrogens (tertiary/aromatic N) is 2. The van der Waals surface area contributed by atoms with Gasteiger partial charge < -0.3 is 19.1 Å². The maximum atomic E-state index is 13.1. The van der Waals surface area contributed by atoms with E-state index < -0.39 is 21.9 Å². The number of carbonyl (C=O) groups excluding carboxylic acids is 2. The van der Waals surface area contributed by atoms with E-state index >= 15 is 0 Å². The smallest absolute Gasteiger partial charge is 0.355 e. The van der Waals surface area contributed by atoms with Crippen molar-refractivity contribution in [3.63, 3.8) is 0 Å². The van der Waals surface area contributed by atoms with Crippen molar-refractivity contribution in [3.8, 4) is 0 Å². The summed E-state index contributed by atoms with van der Waals surface area (Å²) >= 11 is 0. The van der Waals surface area contributed by atoms with Crippen molar-refractivity contribution in [1.29, 1.82) is 0 Å². The van der Waals surface area contributed by atoms with E-state index in [1.54, 1.807) is 45.3 Å². The van der Waals surface area contributed by atoms with Crippen molar-refractivity contribution in [3.05, 3.63) is 70.7 Å². The molecular weight excluding hydrogens is 472 g/mol. The summed E-state index contributed by atoms with van der Waals surface area (Å²) in [6.45, 7) is 12.8. The van der Waals surface area contributed by atoms with Crippen LogP contribution in [0.2, 0.25) is 0 Å². The number of allylic oxidation sites excluding steroid dienone is 1. The van der Waals surface area contributed by atoms with Gasteiger partial charge in [-0.1, -0.05) is 11.2 Å². The van der Waals surface area contributed by atoms with Gasteiger partial charge in [0.05, 0.1) is 22.8 Å². The number of aryl methyl sites for hydroxylation is 1. The number of hydrogen-bond donors (Lipinski definition) is 2. The average molecular weight is 501 g/mol. The number of ether oxygens (including phenoxy) is 1. The van der Waals surface area contributed by atoms with Crippen LogP contribution in [0.3, 0.4) is 0 Å². The highest BCUT2D eigenvalue weighted by molar-refractivity contribution is 7.92.